The highest BCUT2D eigenvalue weighted by Crippen LogP contribution is 2.41. The van der Waals surface area contributed by atoms with Gasteiger partial charge in [0.2, 0.25) is 0 Å². The zero-order chi connectivity index (χ0) is 26.6. The molecular weight excluding hydrogens is 456 g/mol. The van der Waals surface area contributed by atoms with Crippen molar-refractivity contribution in [3.05, 3.63) is 0 Å². The second kappa shape index (κ2) is 11.2. The molecule has 2 aliphatic carbocycles. The molecular formula is C28H52O4Si2. The Balaban J connectivity index is 0.000000340. The fraction of sp³-hybridized carbons (Fsp3) is 0.857. The van der Waals surface area contributed by atoms with Gasteiger partial charge in [-0.15, -0.1) is 12.8 Å². The lowest BCUT2D eigenvalue weighted by Gasteiger charge is -2.42. The molecule has 4 nitrogen and oxygen atoms in total. The molecule has 0 heterocycles. The number of aliphatic hydroxyl groups is 2. The molecule has 2 N–H and O–H groups in total. The Morgan fingerprint density at radius 1 is 0.647 bits per heavy atom. The van der Waals surface area contributed by atoms with Gasteiger partial charge in [-0.1, -0.05) is 53.4 Å². The highest BCUT2D eigenvalue weighted by atomic mass is 28.4. The normalized spacial score (nSPS) is 31.0. The van der Waals surface area contributed by atoms with Gasteiger partial charge in [-0.25, -0.2) is 0 Å². The zero-order valence-electron chi connectivity index (χ0n) is 23.7. The first-order valence-electron chi connectivity index (χ1n) is 13.0. The van der Waals surface area contributed by atoms with Gasteiger partial charge in [0.05, 0.1) is 0 Å². The van der Waals surface area contributed by atoms with Crippen LogP contribution in [0.2, 0.25) is 36.3 Å². The molecule has 6 heteroatoms. The van der Waals surface area contributed by atoms with Gasteiger partial charge in [0.1, 0.15) is 11.2 Å². The van der Waals surface area contributed by atoms with Crippen molar-refractivity contribution in [1.29, 1.82) is 0 Å². The summed E-state index contributed by atoms with van der Waals surface area (Å²) in [5.74, 6) is 5.01. The van der Waals surface area contributed by atoms with Crippen LogP contribution >= 0.6 is 0 Å². The molecule has 2 aliphatic rings. The van der Waals surface area contributed by atoms with Crippen molar-refractivity contribution in [1.82, 2.24) is 0 Å². The van der Waals surface area contributed by atoms with E-state index in [0.29, 0.717) is 25.7 Å². The summed E-state index contributed by atoms with van der Waals surface area (Å²) in [4.78, 5) is 0. The largest absolute Gasteiger partial charge is 0.414 e. The average Bonchev–Trinajstić information content (AvgIpc) is 2.70. The van der Waals surface area contributed by atoms with E-state index in [4.69, 9.17) is 21.7 Å². The van der Waals surface area contributed by atoms with Gasteiger partial charge in [0.25, 0.3) is 0 Å². The van der Waals surface area contributed by atoms with Crippen LogP contribution in [-0.2, 0) is 8.85 Å². The molecule has 34 heavy (non-hydrogen) atoms. The van der Waals surface area contributed by atoms with Crippen LogP contribution in [0.25, 0.3) is 0 Å². The van der Waals surface area contributed by atoms with Gasteiger partial charge >= 0.3 is 0 Å². The first kappa shape index (κ1) is 31.4. The minimum Gasteiger partial charge on any atom is -0.414 e. The van der Waals surface area contributed by atoms with Crippen molar-refractivity contribution in [2.75, 3.05) is 0 Å². The molecule has 0 radical (unpaired) electrons. The fourth-order valence-electron chi connectivity index (χ4n) is 3.85. The van der Waals surface area contributed by atoms with Crippen LogP contribution in [0, 0.1) is 24.7 Å². The van der Waals surface area contributed by atoms with Crippen molar-refractivity contribution in [2.24, 2.45) is 0 Å². The van der Waals surface area contributed by atoms with E-state index in [1.807, 2.05) is 0 Å². The number of terminal acetylenes is 2. The molecule has 0 aliphatic heterocycles. The second-order valence-electron chi connectivity index (χ2n) is 13.5. The smallest absolute Gasteiger partial charge is 0.192 e. The van der Waals surface area contributed by atoms with E-state index in [2.05, 4.69) is 79.6 Å². The predicted octanol–water partition coefficient (Wildman–Crippen LogP) is 6.63. The lowest BCUT2D eigenvalue weighted by Crippen LogP contribution is -2.46. The Morgan fingerprint density at radius 3 is 1.06 bits per heavy atom. The summed E-state index contributed by atoms with van der Waals surface area (Å²) < 4.78 is 12.7. The molecule has 0 saturated heterocycles. The number of hydrogen-bond donors (Lipinski definition) is 2. The van der Waals surface area contributed by atoms with Crippen LogP contribution in [0.3, 0.4) is 0 Å². The first-order valence-corrected chi connectivity index (χ1v) is 18.8. The minimum absolute atomic E-state index is 0.243. The van der Waals surface area contributed by atoms with Crippen LogP contribution in [0.4, 0.5) is 0 Å². The molecule has 0 unspecified atom stereocenters. The van der Waals surface area contributed by atoms with E-state index in [-0.39, 0.29) is 22.3 Å². The van der Waals surface area contributed by atoms with Gasteiger partial charge in [-0.2, -0.15) is 0 Å². The van der Waals surface area contributed by atoms with Gasteiger partial charge in [0, 0.05) is 12.2 Å². The maximum Gasteiger partial charge on any atom is 0.192 e. The Morgan fingerprint density at radius 2 is 0.882 bits per heavy atom. The molecule has 0 bridgehead atoms. The van der Waals surface area contributed by atoms with Crippen LogP contribution in [0.1, 0.15) is 92.9 Å². The van der Waals surface area contributed by atoms with Crippen molar-refractivity contribution in [2.45, 2.75) is 153 Å². The quantitative estimate of drug-likeness (QED) is 0.330. The molecule has 2 saturated carbocycles. The summed E-state index contributed by atoms with van der Waals surface area (Å²) in [7, 11) is -3.36. The Kier molecular flexibility index (Phi) is 10.4. The third kappa shape index (κ3) is 8.80. The Labute approximate surface area is 212 Å². The van der Waals surface area contributed by atoms with Gasteiger partial charge in [-0.05, 0) is 87.6 Å². The van der Waals surface area contributed by atoms with Crippen LogP contribution < -0.4 is 0 Å². The Hall–Kier alpha value is -0.606. The first-order chi connectivity index (χ1) is 15.2. The topological polar surface area (TPSA) is 58.9 Å². The van der Waals surface area contributed by atoms with E-state index in [9.17, 15) is 10.2 Å². The lowest BCUT2D eigenvalue weighted by molar-refractivity contribution is 0.0146. The molecule has 0 amide bonds. The predicted molar refractivity (Wildman–Crippen MR) is 149 cm³/mol. The van der Waals surface area contributed by atoms with Crippen molar-refractivity contribution >= 4 is 16.6 Å². The van der Waals surface area contributed by atoms with Crippen molar-refractivity contribution in [3.8, 4) is 24.7 Å². The molecule has 0 aromatic rings. The molecule has 0 spiro atoms. The SMILES string of the molecule is C#CC1(O)CCC(O[Si](C)(C)C(C)(C)C)CC1.C#CC1(O)CCC(O[Si](C)(C)C(C)(C)C)CC1. The summed E-state index contributed by atoms with van der Waals surface area (Å²) in [6.07, 6.45) is 17.5. The summed E-state index contributed by atoms with van der Waals surface area (Å²) >= 11 is 0. The maximum absolute atomic E-state index is 9.98. The van der Waals surface area contributed by atoms with Gasteiger partial charge in [0.15, 0.2) is 16.6 Å². The van der Waals surface area contributed by atoms with Crippen molar-refractivity contribution < 1.29 is 19.1 Å². The summed E-state index contributed by atoms with van der Waals surface area (Å²) in [6.45, 7) is 22.6. The molecule has 0 atom stereocenters. The fourth-order valence-corrected chi connectivity index (χ4v) is 6.69. The van der Waals surface area contributed by atoms with Crippen LogP contribution in [0.15, 0.2) is 0 Å². The van der Waals surface area contributed by atoms with Crippen molar-refractivity contribution in [3.63, 3.8) is 0 Å². The lowest BCUT2D eigenvalue weighted by atomic mass is 9.84. The molecule has 0 aromatic heterocycles. The summed E-state index contributed by atoms with van der Waals surface area (Å²) in [6, 6.07) is 0. The molecule has 196 valence electrons. The van der Waals surface area contributed by atoms with E-state index >= 15 is 0 Å². The highest BCUT2D eigenvalue weighted by molar-refractivity contribution is 6.74. The third-order valence-corrected chi connectivity index (χ3v) is 17.7. The van der Waals surface area contributed by atoms with Crippen LogP contribution in [-0.4, -0.2) is 50.3 Å². The summed E-state index contributed by atoms with van der Waals surface area (Å²) in [5.41, 5.74) is -1.76. The van der Waals surface area contributed by atoms with E-state index in [0.717, 1.165) is 25.7 Å². The molecule has 2 rings (SSSR count). The molecule has 0 aromatic carbocycles. The van der Waals surface area contributed by atoms with Gasteiger partial charge in [-0.3, -0.25) is 0 Å². The van der Waals surface area contributed by atoms with E-state index in [1.54, 1.807) is 0 Å². The Bertz CT molecular complexity index is 666. The second-order valence-corrected chi connectivity index (χ2v) is 23.0. The average molecular weight is 509 g/mol. The van der Waals surface area contributed by atoms with Gasteiger partial charge < -0.3 is 19.1 Å². The molecule has 2 fully saturated rings. The van der Waals surface area contributed by atoms with Crippen LogP contribution in [0.5, 0.6) is 0 Å². The van der Waals surface area contributed by atoms with E-state index < -0.39 is 27.8 Å². The number of rotatable bonds is 4. The standard InChI is InChI=1S/2C14H26O2Si/c2*1-7-14(15)10-8-12(9-11-14)16-17(5,6)13(2,3)4/h2*1,12,15H,8-11H2,2-6H3. The summed E-state index contributed by atoms with van der Waals surface area (Å²) in [5, 5.41) is 20.4. The number of hydrogen-bond acceptors (Lipinski definition) is 4. The maximum atomic E-state index is 9.98. The minimum atomic E-state index is -1.68. The third-order valence-electron chi connectivity index (χ3n) is 8.59. The monoisotopic (exact) mass is 508 g/mol. The zero-order valence-corrected chi connectivity index (χ0v) is 25.7. The highest BCUT2D eigenvalue weighted by Gasteiger charge is 2.42. The van der Waals surface area contributed by atoms with E-state index in [1.165, 1.54) is 0 Å².